The van der Waals surface area contributed by atoms with Gasteiger partial charge in [0, 0.05) is 52.0 Å². The van der Waals surface area contributed by atoms with Crippen molar-refractivity contribution in [1.82, 2.24) is 23.9 Å². The number of hydrogen-bond donors (Lipinski definition) is 0. The molecule has 0 atom stereocenters. The highest BCUT2D eigenvalue weighted by atomic mass is 16.2. The molecule has 0 bridgehead atoms. The molecule has 0 fully saturated rings. The number of amides is 1. The summed E-state index contributed by atoms with van der Waals surface area (Å²) in [7, 11) is 6.02. The Hall–Kier alpha value is -2.08. The first kappa shape index (κ1) is 14.8. The Morgan fingerprint density at radius 3 is 2.82 bits per heavy atom. The number of imidazole rings is 1. The fourth-order valence-electron chi connectivity index (χ4n) is 2.99. The maximum Gasteiger partial charge on any atom is 0.270 e. The monoisotopic (exact) mass is 301 g/mol. The van der Waals surface area contributed by atoms with Crippen LogP contribution in [0.3, 0.4) is 0 Å². The second-order valence-electron chi connectivity index (χ2n) is 6.10. The topological polar surface area (TPSA) is 46.3 Å². The fraction of sp³-hybridized carbons (Fsp3) is 0.500. The molecule has 0 N–H and O–H groups in total. The van der Waals surface area contributed by atoms with Gasteiger partial charge in [-0.1, -0.05) is 0 Å². The van der Waals surface area contributed by atoms with Gasteiger partial charge in [-0.3, -0.25) is 4.79 Å². The molecular formula is C16H23N5O. The number of fused-ring (bicyclic) bond motifs is 1. The van der Waals surface area contributed by atoms with Gasteiger partial charge in [-0.25, -0.2) is 4.98 Å². The van der Waals surface area contributed by atoms with Crippen LogP contribution in [0.15, 0.2) is 24.5 Å². The lowest BCUT2D eigenvalue weighted by Crippen LogP contribution is -2.34. The molecule has 0 saturated heterocycles. The minimum atomic E-state index is 0.104. The van der Waals surface area contributed by atoms with Gasteiger partial charge in [0.15, 0.2) is 0 Å². The van der Waals surface area contributed by atoms with Crippen LogP contribution in [-0.2, 0) is 26.6 Å². The first-order valence-electron chi connectivity index (χ1n) is 7.65. The van der Waals surface area contributed by atoms with Crippen molar-refractivity contribution in [2.75, 3.05) is 27.2 Å². The van der Waals surface area contributed by atoms with Crippen LogP contribution >= 0.6 is 0 Å². The summed E-state index contributed by atoms with van der Waals surface area (Å²) in [6.07, 6.45) is 4.68. The quantitative estimate of drug-likeness (QED) is 0.849. The Balaban J connectivity index is 1.75. The molecule has 3 rings (SSSR count). The zero-order chi connectivity index (χ0) is 15.7. The van der Waals surface area contributed by atoms with Gasteiger partial charge >= 0.3 is 0 Å². The van der Waals surface area contributed by atoms with E-state index in [1.807, 2.05) is 41.0 Å². The first-order chi connectivity index (χ1) is 10.6. The average molecular weight is 301 g/mol. The summed E-state index contributed by atoms with van der Waals surface area (Å²) in [5.74, 6) is 1.19. The number of carbonyl (C=O) groups excluding carboxylic acids is 1. The van der Waals surface area contributed by atoms with Crippen molar-refractivity contribution in [3.05, 3.63) is 41.7 Å². The van der Waals surface area contributed by atoms with Crippen molar-refractivity contribution in [2.45, 2.75) is 19.5 Å². The molecule has 0 saturated carbocycles. The summed E-state index contributed by atoms with van der Waals surface area (Å²) in [6.45, 7) is 3.14. The van der Waals surface area contributed by atoms with E-state index in [-0.39, 0.29) is 5.91 Å². The van der Waals surface area contributed by atoms with E-state index in [9.17, 15) is 4.79 Å². The molecular weight excluding hydrogens is 278 g/mol. The predicted molar refractivity (Wildman–Crippen MR) is 84.6 cm³/mol. The molecule has 0 aliphatic carbocycles. The van der Waals surface area contributed by atoms with Crippen LogP contribution in [0.4, 0.5) is 0 Å². The third-order valence-corrected chi connectivity index (χ3v) is 4.15. The maximum atomic E-state index is 12.6. The summed E-state index contributed by atoms with van der Waals surface area (Å²) < 4.78 is 4.14. The molecule has 0 radical (unpaired) electrons. The fourth-order valence-corrected chi connectivity index (χ4v) is 2.99. The third kappa shape index (κ3) is 2.78. The molecule has 6 heteroatoms. The highest BCUT2D eigenvalue weighted by molar-refractivity contribution is 5.92. The summed E-state index contributed by atoms with van der Waals surface area (Å²) in [5, 5.41) is 0. The maximum absolute atomic E-state index is 12.6. The van der Waals surface area contributed by atoms with E-state index in [4.69, 9.17) is 0 Å². The van der Waals surface area contributed by atoms with Crippen LogP contribution in [0.1, 0.15) is 22.0 Å². The molecule has 2 aromatic rings. The van der Waals surface area contributed by atoms with Gasteiger partial charge in [0.2, 0.25) is 0 Å². The Morgan fingerprint density at radius 1 is 1.32 bits per heavy atom. The van der Waals surface area contributed by atoms with Crippen LogP contribution in [0, 0.1) is 0 Å². The van der Waals surface area contributed by atoms with Crippen molar-refractivity contribution < 1.29 is 4.79 Å². The van der Waals surface area contributed by atoms with E-state index in [0.29, 0.717) is 0 Å². The van der Waals surface area contributed by atoms with E-state index in [1.165, 1.54) is 5.69 Å². The summed E-state index contributed by atoms with van der Waals surface area (Å²) in [5.41, 5.74) is 1.96. The Kier molecular flexibility index (Phi) is 4.02. The number of aryl methyl sites for hydroxylation is 1. The van der Waals surface area contributed by atoms with E-state index < -0.39 is 0 Å². The summed E-state index contributed by atoms with van der Waals surface area (Å²) in [6, 6.07) is 3.79. The second kappa shape index (κ2) is 5.96. The van der Waals surface area contributed by atoms with Crippen molar-refractivity contribution in [3.63, 3.8) is 0 Å². The lowest BCUT2D eigenvalue weighted by molar-refractivity contribution is 0.0749. The standard InChI is InChI=1S/C16H23N5O/c1-18(2)12-13-11-17-15-6-8-20(9-10-21(13)15)16(22)14-5-4-7-19(14)3/h4-5,7,11H,6,8-10,12H2,1-3H3. The van der Waals surface area contributed by atoms with Crippen molar-refractivity contribution in [2.24, 2.45) is 7.05 Å². The van der Waals surface area contributed by atoms with Gasteiger partial charge in [-0.2, -0.15) is 0 Å². The number of rotatable bonds is 3. The Bertz CT molecular complexity index is 670. The molecule has 118 valence electrons. The molecule has 1 aliphatic heterocycles. The van der Waals surface area contributed by atoms with Gasteiger partial charge in [-0.05, 0) is 26.2 Å². The van der Waals surface area contributed by atoms with Crippen molar-refractivity contribution in [1.29, 1.82) is 0 Å². The predicted octanol–water partition coefficient (Wildman–Crippen LogP) is 0.982. The third-order valence-electron chi connectivity index (χ3n) is 4.15. The van der Waals surface area contributed by atoms with Gasteiger partial charge in [0.05, 0.1) is 5.69 Å². The summed E-state index contributed by atoms with van der Waals surface area (Å²) in [4.78, 5) is 21.2. The molecule has 0 aromatic carbocycles. The lowest BCUT2D eigenvalue weighted by atomic mass is 10.3. The SMILES string of the molecule is CN(C)Cc1cnc2n1CCN(C(=O)c1cccn1C)CC2. The number of aromatic nitrogens is 3. The highest BCUT2D eigenvalue weighted by Crippen LogP contribution is 2.15. The molecule has 3 heterocycles. The van der Waals surface area contributed by atoms with Crippen LogP contribution in [0.2, 0.25) is 0 Å². The highest BCUT2D eigenvalue weighted by Gasteiger charge is 2.22. The second-order valence-corrected chi connectivity index (χ2v) is 6.10. The van der Waals surface area contributed by atoms with Crippen LogP contribution in [-0.4, -0.2) is 57.0 Å². The van der Waals surface area contributed by atoms with Gasteiger partial charge in [-0.15, -0.1) is 0 Å². The summed E-state index contributed by atoms with van der Waals surface area (Å²) >= 11 is 0. The molecule has 0 unspecified atom stereocenters. The van der Waals surface area contributed by atoms with E-state index >= 15 is 0 Å². The molecule has 6 nitrogen and oxygen atoms in total. The lowest BCUT2D eigenvalue weighted by Gasteiger charge is -2.20. The minimum Gasteiger partial charge on any atom is -0.347 e. The molecule has 1 amide bonds. The van der Waals surface area contributed by atoms with Crippen molar-refractivity contribution >= 4 is 5.91 Å². The van der Waals surface area contributed by atoms with E-state index in [0.717, 1.165) is 44.1 Å². The zero-order valence-corrected chi connectivity index (χ0v) is 13.5. The van der Waals surface area contributed by atoms with Crippen LogP contribution in [0.5, 0.6) is 0 Å². The molecule has 22 heavy (non-hydrogen) atoms. The van der Waals surface area contributed by atoms with Gasteiger partial charge < -0.3 is 18.9 Å². The number of carbonyl (C=O) groups is 1. The molecule has 0 spiro atoms. The van der Waals surface area contributed by atoms with Gasteiger partial charge in [0.1, 0.15) is 11.5 Å². The first-order valence-corrected chi connectivity index (χ1v) is 7.65. The van der Waals surface area contributed by atoms with E-state index in [2.05, 4.69) is 28.5 Å². The minimum absolute atomic E-state index is 0.104. The largest absolute Gasteiger partial charge is 0.347 e. The van der Waals surface area contributed by atoms with Gasteiger partial charge in [0.25, 0.3) is 5.91 Å². The van der Waals surface area contributed by atoms with Crippen molar-refractivity contribution in [3.8, 4) is 0 Å². The molecule has 1 aliphatic rings. The molecule has 2 aromatic heterocycles. The Labute approximate surface area is 131 Å². The van der Waals surface area contributed by atoms with E-state index in [1.54, 1.807) is 0 Å². The Morgan fingerprint density at radius 2 is 2.14 bits per heavy atom. The number of hydrogen-bond acceptors (Lipinski definition) is 3. The smallest absolute Gasteiger partial charge is 0.270 e. The normalized spacial score (nSPS) is 15.0. The zero-order valence-electron chi connectivity index (χ0n) is 13.5. The van der Waals surface area contributed by atoms with Crippen LogP contribution < -0.4 is 0 Å². The number of nitrogens with zero attached hydrogens (tertiary/aromatic N) is 5. The van der Waals surface area contributed by atoms with Crippen LogP contribution in [0.25, 0.3) is 0 Å². The average Bonchev–Trinajstić information content (AvgIpc) is 2.98.